The molecule has 1 aliphatic carbocycles. The van der Waals surface area contributed by atoms with Gasteiger partial charge in [-0.3, -0.25) is 9.59 Å². The molecule has 204 valence electrons. The highest BCUT2D eigenvalue weighted by Crippen LogP contribution is 2.53. The summed E-state index contributed by atoms with van der Waals surface area (Å²) in [7, 11) is 0. The predicted molar refractivity (Wildman–Crippen MR) is 128 cm³/mol. The van der Waals surface area contributed by atoms with E-state index in [0.717, 1.165) is 0 Å². The van der Waals surface area contributed by atoms with Crippen LogP contribution in [0, 0.1) is 11.7 Å². The van der Waals surface area contributed by atoms with Gasteiger partial charge in [0.1, 0.15) is 11.6 Å². The molecule has 0 bridgehead atoms. The zero-order valence-corrected chi connectivity index (χ0v) is 20.4. The van der Waals surface area contributed by atoms with Crippen molar-refractivity contribution in [3.63, 3.8) is 0 Å². The van der Waals surface area contributed by atoms with Crippen LogP contribution in [-0.2, 0) is 40.3 Å². The van der Waals surface area contributed by atoms with E-state index in [4.69, 9.17) is 0 Å². The lowest BCUT2D eigenvalue weighted by molar-refractivity contribution is -0.143. The SMILES string of the molecule is O=C1CC[C@H]([C@]2(Cc3cc(C(F)(F)F)cc(C(F)(F)F)c3)C(=O)N(Cc3ccc(F)cc3)c3ccccc32)C1. The van der Waals surface area contributed by atoms with E-state index < -0.39 is 53.0 Å². The van der Waals surface area contributed by atoms with E-state index in [1.165, 1.54) is 29.2 Å². The summed E-state index contributed by atoms with van der Waals surface area (Å²) in [6.07, 6.45) is -10.1. The van der Waals surface area contributed by atoms with Crippen molar-refractivity contribution in [2.45, 2.75) is 50.0 Å². The number of alkyl halides is 6. The van der Waals surface area contributed by atoms with Crippen LogP contribution in [-0.4, -0.2) is 11.7 Å². The molecule has 0 aromatic heterocycles. The Morgan fingerprint density at radius 3 is 2.00 bits per heavy atom. The molecule has 1 aliphatic heterocycles. The molecule has 3 nitrogen and oxygen atoms in total. The Hall–Kier alpha value is -3.69. The standard InChI is InChI=1S/C29H22F7NO2/c30-22-8-5-17(6-9-22)16-37-25-4-2-1-3-24(25)27(26(37)39,19-7-10-23(38)14-19)15-18-11-20(28(31,32)33)13-21(12-18)29(34,35)36/h1-6,8-9,11-13,19H,7,10,14-16H2/t19-,27-/m0/s1. The van der Waals surface area contributed by atoms with Crippen LogP contribution in [0.25, 0.3) is 0 Å². The number of para-hydroxylation sites is 1. The van der Waals surface area contributed by atoms with E-state index in [-0.39, 0.29) is 43.2 Å². The summed E-state index contributed by atoms with van der Waals surface area (Å²) in [5, 5.41) is 0. The second-order valence-corrected chi connectivity index (χ2v) is 10.1. The van der Waals surface area contributed by atoms with Crippen molar-refractivity contribution in [3.05, 3.63) is 100 Å². The fourth-order valence-corrected chi connectivity index (χ4v) is 5.87. The normalized spacial score (nSPS) is 21.5. The van der Waals surface area contributed by atoms with Gasteiger partial charge in [0, 0.05) is 18.5 Å². The third-order valence-electron chi connectivity index (χ3n) is 7.63. The first kappa shape index (κ1) is 26.9. The Morgan fingerprint density at radius 2 is 1.44 bits per heavy atom. The number of amides is 1. The van der Waals surface area contributed by atoms with Crippen LogP contribution < -0.4 is 4.90 Å². The Bertz CT molecular complexity index is 1400. The highest BCUT2D eigenvalue weighted by molar-refractivity contribution is 6.09. The van der Waals surface area contributed by atoms with Gasteiger partial charge in [0.2, 0.25) is 5.91 Å². The third-order valence-corrected chi connectivity index (χ3v) is 7.63. The molecule has 1 saturated carbocycles. The number of carbonyl (C=O) groups excluding carboxylic acids is 2. The molecule has 0 unspecified atom stereocenters. The number of anilines is 1. The maximum atomic E-state index is 14.3. The van der Waals surface area contributed by atoms with Gasteiger partial charge in [-0.2, -0.15) is 26.3 Å². The van der Waals surface area contributed by atoms with E-state index in [2.05, 4.69) is 0 Å². The molecular weight excluding hydrogens is 527 g/mol. The van der Waals surface area contributed by atoms with Crippen LogP contribution in [0.5, 0.6) is 0 Å². The van der Waals surface area contributed by atoms with Crippen molar-refractivity contribution in [1.82, 2.24) is 0 Å². The van der Waals surface area contributed by atoms with Crippen LogP contribution >= 0.6 is 0 Å². The van der Waals surface area contributed by atoms with Gasteiger partial charge >= 0.3 is 12.4 Å². The van der Waals surface area contributed by atoms with E-state index in [0.29, 0.717) is 28.9 Å². The van der Waals surface area contributed by atoms with Crippen molar-refractivity contribution in [2.75, 3.05) is 4.90 Å². The lowest BCUT2D eigenvalue weighted by atomic mass is 9.66. The molecule has 3 aromatic rings. The second kappa shape index (κ2) is 9.50. The molecule has 0 spiro atoms. The van der Waals surface area contributed by atoms with E-state index in [9.17, 15) is 40.3 Å². The van der Waals surface area contributed by atoms with Crippen molar-refractivity contribution >= 4 is 17.4 Å². The maximum absolute atomic E-state index is 14.3. The van der Waals surface area contributed by atoms with Crippen LogP contribution in [0.4, 0.5) is 36.4 Å². The first-order valence-corrected chi connectivity index (χ1v) is 12.2. The number of hydrogen-bond donors (Lipinski definition) is 0. The molecule has 1 fully saturated rings. The molecule has 1 amide bonds. The molecule has 0 saturated heterocycles. The lowest BCUT2D eigenvalue weighted by Crippen LogP contribution is -2.46. The average Bonchev–Trinajstić information content (AvgIpc) is 3.40. The van der Waals surface area contributed by atoms with Crippen LogP contribution in [0.1, 0.15) is 47.1 Å². The van der Waals surface area contributed by atoms with Crippen LogP contribution in [0.15, 0.2) is 66.7 Å². The summed E-state index contributed by atoms with van der Waals surface area (Å²) in [5.74, 6) is -1.74. The quantitative estimate of drug-likeness (QED) is 0.314. The van der Waals surface area contributed by atoms with Crippen molar-refractivity contribution in [3.8, 4) is 0 Å². The molecule has 10 heteroatoms. The molecule has 0 N–H and O–H groups in total. The van der Waals surface area contributed by atoms with E-state index in [1.807, 2.05) is 0 Å². The zero-order chi connectivity index (χ0) is 28.2. The molecule has 2 aliphatic rings. The molecule has 2 atom stereocenters. The second-order valence-electron chi connectivity index (χ2n) is 10.1. The Morgan fingerprint density at radius 1 is 0.821 bits per heavy atom. The van der Waals surface area contributed by atoms with E-state index in [1.54, 1.807) is 24.3 Å². The summed E-state index contributed by atoms with van der Waals surface area (Å²) >= 11 is 0. The predicted octanol–water partition coefficient (Wildman–Crippen LogP) is 7.26. The van der Waals surface area contributed by atoms with Gasteiger partial charge in [-0.05, 0) is 71.8 Å². The zero-order valence-electron chi connectivity index (χ0n) is 20.4. The minimum Gasteiger partial charge on any atom is -0.307 e. The number of fused-ring (bicyclic) bond motifs is 1. The van der Waals surface area contributed by atoms with Gasteiger partial charge in [-0.15, -0.1) is 0 Å². The minimum absolute atomic E-state index is 0.00886. The number of hydrogen-bond acceptors (Lipinski definition) is 2. The van der Waals surface area contributed by atoms with Crippen molar-refractivity contribution < 1.29 is 40.3 Å². The smallest absolute Gasteiger partial charge is 0.307 e. The first-order chi connectivity index (χ1) is 18.3. The third kappa shape index (κ3) is 4.92. The number of nitrogens with zero attached hydrogens (tertiary/aromatic N) is 1. The van der Waals surface area contributed by atoms with E-state index >= 15 is 0 Å². The topological polar surface area (TPSA) is 37.4 Å². The van der Waals surface area contributed by atoms with Crippen molar-refractivity contribution in [2.24, 2.45) is 5.92 Å². The number of carbonyl (C=O) groups is 2. The van der Waals surface area contributed by atoms with Gasteiger partial charge in [0.05, 0.1) is 23.1 Å². The van der Waals surface area contributed by atoms with Crippen LogP contribution in [0.3, 0.4) is 0 Å². The van der Waals surface area contributed by atoms with Gasteiger partial charge in [-0.1, -0.05) is 30.3 Å². The average molecular weight is 549 g/mol. The molecular formula is C29H22F7NO2. The van der Waals surface area contributed by atoms with Gasteiger partial charge in [-0.25, -0.2) is 4.39 Å². The van der Waals surface area contributed by atoms with Crippen molar-refractivity contribution in [1.29, 1.82) is 0 Å². The molecule has 1 heterocycles. The van der Waals surface area contributed by atoms with Gasteiger partial charge in [0.15, 0.2) is 0 Å². The molecule has 3 aromatic carbocycles. The highest BCUT2D eigenvalue weighted by atomic mass is 19.4. The largest absolute Gasteiger partial charge is 0.416 e. The maximum Gasteiger partial charge on any atom is 0.416 e. The molecule has 0 radical (unpaired) electrons. The summed E-state index contributed by atoms with van der Waals surface area (Å²) in [6, 6.07) is 13.4. The monoisotopic (exact) mass is 549 g/mol. The Labute approximate surface area is 219 Å². The summed E-state index contributed by atoms with van der Waals surface area (Å²) in [6.45, 7) is 0.00886. The number of ketones is 1. The fourth-order valence-electron chi connectivity index (χ4n) is 5.87. The number of halogens is 7. The lowest BCUT2D eigenvalue weighted by Gasteiger charge is -2.35. The Balaban J connectivity index is 1.67. The van der Waals surface area contributed by atoms with Gasteiger partial charge < -0.3 is 4.90 Å². The molecule has 39 heavy (non-hydrogen) atoms. The fraction of sp³-hybridized carbons (Fsp3) is 0.310. The molecule has 5 rings (SSSR count). The number of benzene rings is 3. The summed E-state index contributed by atoms with van der Waals surface area (Å²) < 4.78 is 95.3. The summed E-state index contributed by atoms with van der Waals surface area (Å²) in [4.78, 5) is 28.1. The number of Topliss-reactive ketones (excluding diaryl/α,β-unsaturated/α-hetero) is 1. The van der Waals surface area contributed by atoms with Crippen LogP contribution in [0.2, 0.25) is 0 Å². The first-order valence-electron chi connectivity index (χ1n) is 12.2. The minimum atomic E-state index is -5.04. The number of rotatable bonds is 5. The highest BCUT2D eigenvalue weighted by Gasteiger charge is 2.56. The Kier molecular flexibility index (Phi) is 6.55. The summed E-state index contributed by atoms with van der Waals surface area (Å²) in [5.41, 5.74) is -3.31. The van der Waals surface area contributed by atoms with Gasteiger partial charge in [0.25, 0.3) is 0 Å².